The Bertz CT molecular complexity index is 1650. The summed E-state index contributed by atoms with van der Waals surface area (Å²) < 4.78 is 22.4. The van der Waals surface area contributed by atoms with Crippen LogP contribution in [0.1, 0.15) is 51.4 Å². The van der Waals surface area contributed by atoms with Crippen LogP contribution in [0.25, 0.3) is 5.69 Å². The zero-order valence-corrected chi connectivity index (χ0v) is 24.2. The number of nitrogens with zero attached hydrogens (tertiary/aromatic N) is 3. The maximum atomic E-state index is 13.9. The second-order valence-electron chi connectivity index (χ2n) is 9.70. The molecule has 1 aromatic heterocycles. The Labute approximate surface area is 243 Å². The van der Waals surface area contributed by atoms with Crippen molar-refractivity contribution in [2.24, 2.45) is 0 Å². The van der Waals surface area contributed by atoms with Crippen molar-refractivity contribution in [3.63, 3.8) is 0 Å². The number of hydrogen-bond acceptors (Lipinski definition) is 4. The molecule has 40 heavy (non-hydrogen) atoms. The highest BCUT2D eigenvalue weighted by Crippen LogP contribution is 2.28. The van der Waals surface area contributed by atoms with Gasteiger partial charge >= 0.3 is 5.69 Å². The predicted octanol–water partition coefficient (Wildman–Crippen LogP) is 6.24. The summed E-state index contributed by atoms with van der Waals surface area (Å²) in [5.74, 6) is -0.463. The third-order valence-corrected chi connectivity index (χ3v) is 8.39. The number of amides is 1. The van der Waals surface area contributed by atoms with Gasteiger partial charge in [-0.15, -0.1) is 0 Å². The van der Waals surface area contributed by atoms with Gasteiger partial charge in [-0.2, -0.15) is 0 Å². The fourth-order valence-electron chi connectivity index (χ4n) is 4.99. The van der Waals surface area contributed by atoms with Crippen LogP contribution in [0.3, 0.4) is 0 Å². The molecule has 7 nitrogen and oxygen atoms in total. The van der Waals surface area contributed by atoms with Crippen LogP contribution in [0.15, 0.2) is 76.0 Å². The van der Waals surface area contributed by atoms with Crippen molar-refractivity contribution in [1.29, 1.82) is 0 Å². The Hall–Kier alpha value is -3.69. The fourth-order valence-corrected chi connectivity index (χ4v) is 5.41. The summed E-state index contributed by atoms with van der Waals surface area (Å²) in [5.41, 5.74) is 2.09. The molecule has 3 aromatic carbocycles. The van der Waals surface area contributed by atoms with E-state index in [9.17, 15) is 18.8 Å². The number of aromatic nitrogens is 2. The first-order valence-electron chi connectivity index (χ1n) is 12.7. The molecule has 0 aliphatic carbocycles. The highest BCUT2D eigenvalue weighted by Gasteiger charge is 2.32. The molecule has 1 unspecified atom stereocenters. The summed E-state index contributed by atoms with van der Waals surface area (Å²) in [6.07, 6.45) is 0.0918. The normalized spacial score (nSPS) is 13.6. The number of rotatable bonds is 7. The second-order valence-corrected chi connectivity index (χ2v) is 11.0. The highest BCUT2D eigenvalue weighted by molar-refractivity contribution is 9.10. The number of ketones is 1. The number of ether oxygens (including phenoxy) is 1. The second kappa shape index (κ2) is 11.4. The number of imidazole rings is 1. The van der Waals surface area contributed by atoms with E-state index < -0.39 is 0 Å². The summed E-state index contributed by atoms with van der Waals surface area (Å²) in [7, 11) is 1.55. The van der Waals surface area contributed by atoms with Crippen LogP contribution in [0, 0.1) is 5.82 Å². The standard InChI is InChI=1S/C30H26BrClFN3O4/c1-18(19-3-6-21(33)7-4-19)15-27(37)28-26-17-34(29(38)20-5-12-24(31)25(32)16-20)13-14-35(26)30(39)36(28)22-8-10-23(40-2)11-9-22/h3-12,16,18H,13-15,17H2,1-2H3. The molecule has 2 heterocycles. The molecule has 4 aromatic rings. The number of Topliss-reactive ketones (excluding diaryl/α,β-unsaturated/α-hetero) is 1. The van der Waals surface area contributed by atoms with Crippen molar-refractivity contribution in [2.45, 2.75) is 32.4 Å². The van der Waals surface area contributed by atoms with Gasteiger partial charge < -0.3 is 9.64 Å². The molecule has 5 rings (SSSR count). The first kappa shape index (κ1) is 27.9. The van der Waals surface area contributed by atoms with E-state index in [0.717, 1.165) is 5.56 Å². The Balaban J connectivity index is 1.55. The summed E-state index contributed by atoms with van der Waals surface area (Å²) in [6, 6.07) is 17.9. The molecule has 1 aliphatic heterocycles. The zero-order chi connectivity index (χ0) is 28.6. The van der Waals surface area contributed by atoms with Gasteiger partial charge in [-0.05, 0) is 82.0 Å². The van der Waals surface area contributed by atoms with E-state index in [1.54, 1.807) is 71.2 Å². The van der Waals surface area contributed by atoms with Gasteiger partial charge in [0.15, 0.2) is 5.78 Å². The summed E-state index contributed by atoms with van der Waals surface area (Å²) in [4.78, 5) is 42.6. The Morgan fingerprint density at radius 3 is 2.40 bits per heavy atom. The van der Waals surface area contributed by atoms with Crippen molar-refractivity contribution in [3.8, 4) is 11.4 Å². The van der Waals surface area contributed by atoms with E-state index in [1.165, 1.54) is 16.7 Å². The van der Waals surface area contributed by atoms with Gasteiger partial charge in [-0.1, -0.05) is 30.7 Å². The molecule has 1 aliphatic rings. The monoisotopic (exact) mass is 625 g/mol. The smallest absolute Gasteiger partial charge is 0.333 e. The molecule has 206 valence electrons. The van der Waals surface area contributed by atoms with Gasteiger partial charge in [0.2, 0.25) is 0 Å². The number of halogens is 3. The molecule has 0 radical (unpaired) electrons. The van der Waals surface area contributed by atoms with E-state index in [1.807, 2.05) is 6.92 Å². The third kappa shape index (κ3) is 5.36. The maximum Gasteiger partial charge on any atom is 0.333 e. The van der Waals surface area contributed by atoms with Crippen molar-refractivity contribution in [2.75, 3.05) is 13.7 Å². The number of hydrogen-bond donors (Lipinski definition) is 0. The average Bonchev–Trinajstić information content (AvgIpc) is 3.26. The van der Waals surface area contributed by atoms with E-state index in [4.69, 9.17) is 16.3 Å². The van der Waals surface area contributed by atoms with Gasteiger partial charge in [-0.3, -0.25) is 18.7 Å². The van der Waals surface area contributed by atoms with Crippen molar-refractivity contribution in [1.82, 2.24) is 14.0 Å². The third-order valence-electron chi connectivity index (χ3n) is 7.16. The molecule has 10 heteroatoms. The minimum absolute atomic E-state index is 0.0803. The number of methoxy groups -OCH3 is 1. The first-order valence-corrected chi connectivity index (χ1v) is 13.9. The van der Waals surface area contributed by atoms with Gasteiger partial charge in [0, 0.05) is 29.5 Å². The van der Waals surface area contributed by atoms with Crippen LogP contribution in [0.2, 0.25) is 5.02 Å². The summed E-state index contributed by atoms with van der Waals surface area (Å²) >= 11 is 9.57. The van der Waals surface area contributed by atoms with E-state index in [-0.39, 0.29) is 54.3 Å². The number of fused-ring (bicyclic) bond motifs is 1. The number of carbonyl (C=O) groups excluding carboxylic acids is 2. The van der Waals surface area contributed by atoms with Crippen LogP contribution in [-0.4, -0.2) is 39.4 Å². The first-order chi connectivity index (χ1) is 19.2. The van der Waals surface area contributed by atoms with Crippen LogP contribution >= 0.6 is 27.5 Å². The lowest BCUT2D eigenvalue weighted by Crippen LogP contribution is -2.41. The van der Waals surface area contributed by atoms with Gasteiger partial charge in [0.05, 0.1) is 30.1 Å². The molecule has 0 saturated heterocycles. The molecule has 0 spiro atoms. The predicted molar refractivity (Wildman–Crippen MR) is 154 cm³/mol. The van der Waals surface area contributed by atoms with Crippen LogP contribution in [-0.2, 0) is 13.1 Å². The molecule has 1 atom stereocenters. The molecule has 0 N–H and O–H groups in total. The van der Waals surface area contributed by atoms with Gasteiger partial charge in [-0.25, -0.2) is 9.18 Å². The van der Waals surface area contributed by atoms with Crippen LogP contribution in [0.5, 0.6) is 5.75 Å². The Morgan fingerprint density at radius 2 is 1.75 bits per heavy atom. The molecule has 1 amide bonds. The highest BCUT2D eigenvalue weighted by atomic mass is 79.9. The van der Waals surface area contributed by atoms with Crippen molar-refractivity contribution < 1.29 is 18.7 Å². The topological polar surface area (TPSA) is 73.5 Å². The molecular formula is C30H26BrClFN3O4. The lowest BCUT2D eigenvalue weighted by Gasteiger charge is -2.28. The van der Waals surface area contributed by atoms with Crippen LogP contribution < -0.4 is 10.4 Å². The molecule has 0 fully saturated rings. The minimum atomic E-state index is -0.353. The van der Waals surface area contributed by atoms with Crippen molar-refractivity contribution in [3.05, 3.63) is 115 Å². The Kier molecular flexibility index (Phi) is 7.96. The van der Waals surface area contributed by atoms with Crippen molar-refractivity contribution >= 4 is 39.2 Å². The van der Waals surface area contributed by atoms with E-state index in [0.29, 0.717) is 38.7 Å². The zero-order valence-electron chi connectivity index (χ0n) is 21.9. The van der Waals surface area contributed by atoms with E-state index >= 15 is 0 Å². The number of benzene rings is 3. The largest absolute Gasteiger partial charge is 0.497 e. The molecule has 0 bridgehead atoms. The lowest BCUT2D eigenvalue weighted by molar-refractivity contribution is 0.0706. The Morgan fingerprint density at radius 1 is 1.05 bits per heavy atom. The average molecular weight is 627 g/mol. The minimum Gasteiger partial charge on any atom is -0.497 e. The SMILES string of the molecule is COc1ccc(-n2c(C(=O)CC(C)c3ccc(F)cc3)c3n(c2=O)CCN(C(=O)c2ccc(Br)c(Cl)c2)C3)cc1. The summed E-state index contributed by atoms with van der Waals surface area (Å²) in [5, 5.41) is 0.413. The molecular weight excluding hydrogens is 601 g/mol. The maximum absolute atomic E-state index is 13.9. The number of carbonyl (C=O) groups is 2. The van der Waals surface area contributed by atoms with E-state index in [2.05, 4.69) is 15.9 Å². The quantitative estimate of drug-likeness (QED) is 0.228. The van der Waals surface area contributed by atoms with Gasteiger partial charge in [0.25, 0.3) is 5.91 Å². The summed E-state index contributed by atoms with van der Waals surface area (Å²) in [6.45, 7) is 2.50. The fraction of sp³-hybridized carbons (Fsp3) is 0.233. The van der Waals surface area contributed by atoms with Crippen LogP contribution in [0.4, 0.5) is 4.39 Å². The van der Waals surface area contributed by atoms with Gasteiger partial charge in [0.1, 0.15) is 17.3 Å². The molecule has 0 saturated carbocycles. The lowest BCUT2D eigenvalue weighted by atomic mass is 9.94.